The van der Waals surface area contributed by atoms with Crippen LogP contribution in [0.2, 0.25) is 5.02 Å². The summed E-state index contributed by atoms with van der Waals surface area (Å²) in [6.07, 6.45) is 4.05. The van der Waals surface area contributed by atoms with E-state index in [4.69, 9.17) is 16.3 Å². The minimum atomic E-state index is -0.509. The second-order valence-corrected chi connectivity index (χ2v) is 5.52. The van der Waals surface area contributed by atoms with Crippen LogP contribution in [0, 0.1) is 0 Å². The summed E-state index contributed by atoms with van der Waals surface area (Å²) in [5.41, 5.74) is 0.616. The average Bonchev–Trinajstić information content (AvgIpc) is 3.10. The number of halogens is 1. The number of hydrogen-bond donors (Lipinski definition) is 1. The molecular formula is C15H16ClN3O3. The molecule has 0 radical (unpaired) electrons. The van der Waals surface area contributed by atoms with Gasteiger partial charge in [-0.15, -0.1) is 0 Å². The zero-order valence-electron chi connectivity index (χ0n) is 12.0. The maximum Gasteiger partial charge on any atom is 0.429 e. The molecule has 2 aliphatic rings. The van der Waals surface area contributed by atoms with E-state index in [1.54, 1.807) is 31.2 Å². The molecule has 2 unspecified atom stereocenters. The Morgan fingerprint density at radius 2 is 1.86 bits per heavy atom. The van der Waals surface area contributed by atoms with E-state index < -0.39 is 6.09 Å². The van der Waals surface area contributed by atoms with Gasteiger partial charge < -0.3 is 10.1 Å². The van der Waals surface area contributed by atoms with Crippen LogP contribution in [0.5, 0.6) is 0 Å². The second kappa shape index (κ2) is 5.88. The molecule has 22 heavy (non-hydrogen) atoms. The summed E-state index contributed by atoms with van der Waals surface area (Å²) >= 11 is 5.82. The van der Waals surface area contributed by atoms with Crippen molar-refractivity contribution in [1.29, 1.82) is 0 Å². The maximum absolute atomic E-state index is 12.5. The molecule has 3 rings (SSSR count). The van der Waals surface area contributed by atoms with Gasteiger partial charge in [0.1, 0.15) is 0 Å². The van der Waals surface area contributed by atoms with Crippen LogP contribution < -0.4 is 5.32 Å². The summed E-state index contributed by atoms with van der Waals surface area (Å²) in [6.45, 7) is 2.00. The molecule has 1 N–H and O–H groups in total. The molecule has 1 aromatic rings. The van der Waals surface area contributed by atoms with Gasteiger partial charge in [0.05, 0.1) is 18.7 Å². The molecule has 2 bridgehead atoms. The normalized spacial score (nSPS) is 22.1. The van der Waals surface area contributed by atoms with Crippen LogP contribution in [0.25, 0.3) is 0 Å². The minimum absolute atomic E-state index is 0.123. The molecule has 0 aromatic heterocycles. The van der Waals surface area contributed by atoms with E-state index in [1.165, 1.54) is 10.0 Å². The highest BCUT2D eigenvalue weighted by Crippen LogP contribution is 2.33. The molecule has 1 aromatic carbocycles. The van der Waals surface area contributed by atoms with Gasteiger partial charge in [-0.25, -0.2) is 19.6 Å². The van der Waals surface area contributed by atoms with Crippen LogP contribution in [0.1, 0.15) is 13.3 Å². The van der Waals surface area contributed by atoms with Crippen LogP contribution >= 0.6 is 11.6 Å². The van der Waals surface area contributed by atoms with Crippen molar-refractivity contribution in [3.8, 4) is 0 Å². The number of hydrogen-bond acceptors (Lipinski definition) is 3. The number of anilines is 1. The predicted octanol–water partition coefficient (Wildman–Crippen LogP) is 3.26. The number of rotatable bonds is 2. The summed E-state index contributed by atoms with van der Waals surface area (Å²) in [4.78, 5) is 24.6. The fourth-order valence-corrected chi connectivity index (χ4v) is 2.84. The van der Waals surface area contributed by atoms with Gasteiger partial charge in [0, 0.05) is 10.7 Å². The number of urea groups is 1. The number of ether oxygens (including phenoxy) is 1. The third-order valence-electron chi connectivity index (χ3n) is 3.66. The van der Waals surface area contributed by atoms with Gasteiger partial charge in [-0.2, -0.15) is 0 Å². The smallest absolute Gasteiger partial charge is 0.429 e. The largest absolute Gasteiger partial charge is 0.448 e. The van der Waals surface area contributed by atoms with E-state index in [-0.39, 0.29) is 24.7 Å². The van der Waals surface area contributed by atoms with Crippen LogP contribution in [0.3, 0.4) is 0 Å². The number of nitrogens with zero attached hydrogens (tertiary/aromatic N) is 2. The highest BCUT2D eigenvalue weighted by Gasteiger charge is 2.47. The van der Waals surface area contributed by atoms with Crippen molar-refractivity contribution >= 4 is 29.4 Å². The molecule has 2 atom stereocenters. The van der Waals surface area contributed by atoms with Gasteiger partial charge in [-0.3, -0.25) is 0 Å². The van der Waals surface area contributed by atoms with Gasteiger partial charge in [-0.1, -0.05) is 23.8 Å². The number of fused-ring (bicyclic) bond motifs is 2. The second-order valence-electron chi connectivity index (χ2n) is 5.08. The molecule has 0 spiro atoms. The Balaban J connectivity index is 1.76. The first-order valence-corrected chi connectivity index (χ1v) is 7.48. The monoisotopic (exact) mass is 321 g/mol. The lowest BCUT2D eigenvalue weighted by atomic mass is 10.2. The van der Waals surface area contributed by atoms with Crippen molar-refractivity contribution in [2.75, 3.05) is 11.9 Å². The Hall–Kier alpha value is -2.21. The van der Waals surface area contributed by atoms with Crippen molar-refractivity contribution in [2.45, 2.75) is 25.4 Å². The zero-order valence-corrected chi connectivity index (χ0v) is 12.8. The zero-order chi connectivity index (χ0) is 15.7. The molecule has 1 aliphatic carbocycles. The number of carbonyl (C=O) groups is 2. The molecular weight excluding hydrogens is 306 g/mol. The number of carbonyl (C=O) groups excluding carboxylic acids is 2. The first-order valence-electron chi connectivity index (χ1n) is 7.10. The minimum Gasteiger partial charge on any atom is -0.448 e. The fraction of sp³-hybridized carbons (Fsp3) is 0.333. The predicted molar refractivity (Wildman–Crippen MR) is 82.5 cm³/mol. The van der Waals surface area contributed by atoms with E-state index in [1.807, 2.05) is 12.2 Å². The SMILES string of the molecule is CCOC(=O)N1C2C=CC(C2)N1C(=O)Nc1ccc(Cl)cc1. The lowest BCUT2D eigenvalue weighted by Crippen LogP contribution is -2.53. The molecule has 7 heteroatoms. The molecule has 0 saturated carbocycles. The van der Waals surface area contributed by atoms with Gasteiger partial charge >= 0.3 is 12.1 Å². The number of nitrogens with one attached hydrogen (secondary N) is 1. The van der Waals surface area contributed by atoms with Crippen LogP contribution in [0.15, 0.2) is 36.4 Å². The van der Waals surface area contributed by atoms with E-state index in [0.717, 1.165) is 0 Å². The molecule has 3 amide bonds. The van der Waals surface area contributed by atoms with Crippen molar-refractivity contribution < 1.29 is 14.3 Å². The van der Waals surface area contributed by atoms with Gasteiger partial charge in [-0.05, 0) is 37.6 Å². The third-order valence-corrected chi connectivity index (χ3v) is 3.91. The molecule has 1 heterocycles. The third kappa shape index (κ3) is 2.62. The Labute approximate surface area is 133 Å². The quantitative estimate of drug-likeness (QED) is 0.850. The van der Waals surface area contributed by atoms with Crippen molar-refractivity contribution in [3.05, 3.63) is 41.4 Å². The summed E-state index contributed by atoms with van der Waals surface area (Å²) in [7, 11) is 0. The Morgan fingerprint density at radius 3 is 2.50 bits per heavy atom. The lowest BCUT2D eigenvalue weighted by Gasteiger charge is -2.34. The van der Waals surface area contributed by atoms with E-state index in [2.05, 4.69) is 5.32 Å². The van der Waals surface area contributed by atoms with Crippen molar-refractivity contribution in [3.63, 3.8) is 0 Å². The van der Waals surface area contributed by atoms with Gasteiger partial charge in [0.2, 0.25) is 0 Å². The highest BCUT2D eigenvalue weighted by molar-refractivity contribution is 6.30. The van der Waals surface area contributed by atoms with Gasteiger partial charge in [0.25, 0.3) is 0 Å². The van der Waals surface area contributed by atoms with Gasteiger partial charge in [0.15, 0.2) is 0 Å². The van der Waals surface area contributed by atoms with E-state index in [9.17, 15) is 9.59 Å². The Bertz CT molecular complexity index is 617. The summed E-state index contributed by atoms with van der Waals surface area (Å²) < 4.78 is 5.04. The fourth-order valence-electron chi connectivity index (χ4n) is 2.72. The van der Waals surface area contributed by atoms with Crippen molar-refractivity contribution in [2.24, 2.45) is 0 Å². The number of hydrazine groups is 1. The topological polar surface area (TPSA) is 61.9 Å². The van der Waals surface area contributed by atoms with E-state index in [0.29, 0.717) is 17.1 Å². The number of amides is 3. The molecule has 6 nitrogen and oxygen atoms in total. The molecule has 1 fully saturated rings. The van der Waals surface area contributed by atoms with Crippen LogP contribution in [0.4, 0.5) is 15.3 Å². The Morgan fingerprint density at radius 1 is 1.23 bits per heavy atom. The highest BCUT2D eigenvalue weighted by atomic mass is 35.5. The van der Waals surface area contributed by atoms with Crippen LogP contribution in [-0.2, 0) is 4.74 Å². The average molecular weight is 322 g/mol. The summed E-state index contributed by atoms with van der Waals surface area (Å²) in [5, 5.41) is 6.15. The maximum atomic E-state index is 12.5. The van der Waals surface area contributed by atoms with E-state index >= 15 is 0 Å². The van der Waals surface area contributed by atoms with Crippen molar-refractivity contribution in [1.82, 2.24) is 10.0 Å². The molecule has 116 valence electrons. The Kier molecular flexibility index (Phi) is 3.94. The summed E-state index contributed by atoms with van der Waals surface area (Å²) in [5.74, 6) is 0. The standard InChI is InChI=1S/C15H16ClN3O3/c1-2-22-15(21)19-13-8-7-12(9-13)18(19)14(20)17-11-5-3-10(16)4-6-11/h3-8,12-13H,2,9H2,1H3,(H,17,20). The number of benzene rings is 1. The lowest BCUT2D eigenvalue weighted by molar-refractivity contribution is 0.0181. The summed E-state index contributed by atoms with van der Waals surface area (Å²) in [6, 6.07) is 6.18. The molecule has 1 aliphatic heterocycles. The van der Waals surface area contributed by atoms with Crippen LogP contribution in [-0.4, -0.2) is 40.8 Å². The first kappa shape index (κ1) is 14.7. The molecule has 1 saturated heterocycles. The first-order chi connectivity index (χ1) is 10.6.